The van der Waals surface area contributed by atoms with Gasteiger partial charge in [0.15, 0.2) is 5.82 Å². The van der Waals surface area contributed by atoms with Crippen molar-refractivity contribution in [3.05, 3.63) is 89.6 Å². The molecule has 1 heterocycles. The van der Waals surface area contributed by atoms with E-state index in [2.05, 4.69) is 10.4 Å². The fourth-order valence-electron chi connectivity index (χ4n) is 2.69. The van der Waals surface area contributed by atoms with Crippen molar-refractivity contribution in [2.45, 2.75) is 13.5 Å². The summed E-state index contributed by atoms with van der Waals surface area (Å²) < 4.78 is 1.57. The Labute approximate surface area is 179 Å². The fraction of sp³-hybridized carbons (Fsp3) is 0.111. The molecule has 0 saturated heterocycles. The number of rotatable bonds is 6. The highest BCUT2D eigenvalue weighted by Crippen LogP contribution is 2.26. The molecule has 0 aliphatic heterocycles. The Balaban J connectivity index is 1.86. The number of nitrogens with one attached hydrogen (secondary N) is 1. The Morgan fingerprint density at radius 3 is 2.17 bits per heavy atom. The summed E-state index contributed by atoms with van der Waals surface area (Å²) in [6.07, 6.45) is 0. The molecule has 0 unspecified atom stereocenters. The number of halogens is 2. The maximum atomic E-state index is 12.5. The highest BCUT2D eigenvalue weighted by atomic mass is 35.5. The van der Waals surface area contributed by atoms with E-state index in [0.717, 1.165) is 18.2 Å². The van der Waals surface area contributed by atoms with Crippen LogP contribution in [0, 0.1) is 27.2 Å². The summed E-state index contributed by atoms with van der Waals surface area (Å²) >= 11 is 12.4. The van der Waals surface area contributed by atoms with Crippen molar-refractivity contribution in [3.8, 4) is 0 Å². The summed E-state index contributed by atoms with van der Waals surface area (Å²) in [6, 6.07) is 9.37. The van der Waals surface area contributed by atoms with Crippen LogP contribution in [-0.2, 0) is 6.54 Å². The van der Waals surface area contributed by atoms with Crippen LogP contribution in [0.4, 0.5) is 17.2 Å². The van der Waals surface area contributed by atoms with Crippen molar-refractivity contribution in [2.75, 3.05) is 5.32 Å². The lowest BCUT2D eigenvalue weighted by atomic mass is 10.1. The molecule has 2 aromatic carbocycles. The van der Waals surface area contributed by atoms with Crippen molar-refractivity contribution >= 4 is 46.3 Å². The van der Waals surface area contributed by atoms with Gasteiger partial charge in [-0.25, -0.2) is 0 Å². The van der Waals surface area contributed by atoms with Crippen LogP contribution in [0.1, 0.15) is 21.6 Å². The quantitative estimate of drug-likeness (QED) is 0.431. The third-order valence-electron chi connectivity index (χ3n) is 4.18. The number of hydrogen-bond donors (Lipinski definition) is 1. The van der Waals surface area contributed by atoms with E-state index < -0.39 is 27.1 Å². The third kappa shape index (κ3) is 4.56. The minimum Gasteiger partial charge on any atom is -0.305 e. The largest absolute Gasteiger partial charge is 0.305 e. The number of nitro benzene ring substituents is 2. The van der Waals surface area contributed by atoms with Gasteiger partial charge in [0.1, 0.15) is 0 Å². The molecule has 1 N–H and O–H groups in total. The van der Waals surface area contributed by atoms with Gasteiger partial charge in [0.05, 0.1) is 28.0 Å². The average Bonchev–Trinajstić information content (AvgIpc) is 3.03. The summed E-state index contributed by atoms with van der Waals surface area (Å²) in [7, 11) is 0. The van der Waals surface area contributed by atoms with Crippen LogP contribution in [0.5, 0.6) is 0 Å². The monoisotopic (exact) mass is 449 g/mol. The highest BCUT2D eigenvalue weighted by Gasteiger charge is 2.21. The van der Waals surface area contributed by atoms with Crippen LogP contribution < -0.4 is 5.32 Å². The summed E-state index contributed by atoms with van der Waals surface area (Å²) in [6.45, 7) is 2.01. The predicted molar refractivity (Wildman–Crippen MR) is 110 cm³/mol. The molecule has 12 heteroatoms. The van der Waals surface area contributed by atoms with Crippen molar-refractivity contribution in [1.82, 2.24) is 9.78 Å². The molecule has 0 aliphatic carbocycles. The van der Waals surface area contributed by atoms with Gasteiger partial charge in [-0.3, -0.25) is 29.7 Å². The molecular formula is C18H13Cl2N5O5. The van der Waals surface area contributed by atoms with Crippen molar-refractivity contribution < 1.29 is 14.6 Å². The van der Waals surface area contributed by atoms with E-state index in [1.54, 1.807) is 35.9 Å². The van der Waals surface area contributed by atoms with Crippen LogP contribution in [-0.4, -0.2) is 25.5 Å². The zero-order chi connectivity index (χ0) is 22.0. The van der Waals surface area contributed by atoms with Crippen LogP contribution in [0.15, 0.2) is 42.5 Å². The average molecular weight is 450 g/mol. The molecular weight excluding hydrogens is 437 g/mol. The number of carbonyl (C=O) groups excluding carboxylic acids is 1. The second-order valence-electron chi connectivity index (χ2n) is 6.24. The van der Waals surface area contributed by atoms with Gasteiger partial charge < -0.3 is 5.32 Å². The van der Waals surface area contributed by atoms with Crippen molar-refractivity contribution in [2.24, 2.45) is 0 Å². The van der Waals surface area contributed by atoms with Crippen LogP contribution in [0.3, 0.4) is 0 Å². The van der Waals surface area contributed by atoms with Crippen molar-refractivity contribution in [3.63, 3.8) is 0 Å². The zero-order valence-corrected chi connectivity index (χ0v) is 16.8. The Hall–Kier alpha value is -3.50. The minimum absolute atomic E-state index is 0.162. The normalized spacial score (nSPS) is 10.6. The van der Waals surface area contributed by atoms with E-state index in [0.29, 0.717) is 21.3 Å². The molecule has 154 valence electrons. The molecule has 0 bridgehead atoms. The van der Waals surface area contributed by atoms with Crippen molar-refractivity contribution in [1.29, 1.82) is 0 Å². The van der Waals surface area contributed by atoms with E-state index in [1.807, 2.05) is 0 Å². The topological polar surface area (TPSA) is 133 Å². The van der Waals surface area contributed by atoms with Gasteiger partial charge in [0, 0.05) is 39.5 Å². The fourth-order valence-corrected chi connectivity index (χ4v) is 3.21. The summed E-state index contributed by atoms with van der Waals surface area (Å²) in [5, 5.41) is 29.7. The molecule has 0 fully saturated rings. The first-order valence-corrected chi connectivity index (χ1v) is 9.14. The van der Waals surface area contributed by atoms with Crippen LogP contribution in [0.25, 0.3) is 0 Å². The number of aromatic nitrogens is 2. The molecule has 0 saturated carbocycles. The molecule has 10 nitrogen and oxygen atoms in total. The number of benzene rings is 2. The highest BCUT2D eigenvalue weighted by molar-refractivity contribution is 6.35. The lowest BCUT2D eigenvalue weighted by molar-refractivity contribution is -0.394. The van der Waals surface area contributed by atoms with Gasteiger partial charge in [-0.1, -0.05) is 29.3 Å². The molecule has 0 atom stereocenters. The van der Waals surface area contributed by atoms with Gasteiger partial charge in [-0.05, 0) is 19.1 Å². The molecule has 1 aromatic heterocycles. The molecule has 0 aliphatic rings. The number of non-ortho nitro benzene ring substituents is 2. The second kappa shape index (κ2) is 8.47. The van der Waals surface area contributed by atoms with Gasteiger partial charge >= 0.3 is 0 Å². The molecule has 30 heavy (non-hydrogen) atoms. The lowest BCUT2D eigenvalue weighted by Gasteiger charge is -2.08. The third-order valence-corrected chi connectivity index (χ3v) is 4.89. The number of anilines is 1. The molecule has 0 spiro atoms. The molecule has 3 aromatic rings. The van der Waals surface area contributed by atoms with Gasteiger partial charge in [0.2, 0.25) is 0 Å². The van der Waals surface area contributed by atoms with E-state index in [1.165, 1.54) is 0 Å². The second-order valence-corrected chi connectivity index (χ2v) is 7.05. The Morgan fingerprint density at radius 1 is 1.07 bits per heavy atom. The number of nitro groups is 2. The number of carbonyl (C=O) groups is 1. The first kappa shape index (κ1) is 21.2. The summed E-state index contributed by atoms with van der Waals surface area (Å²) in [5.41, 5.74) is -0.0309. The van der Waals surface area contributed by atoms with E-state index in [-0.39, 0.29) is 17.9 Å². The Kier molecular flexibility index (Phi) is 5.99. The van der Waals surface area contributed by atoms with E-state index in [9.17, 15) is 25.0 Å². The minimum atomic E-state index is -0.810. The number of amides is 1. The number of aryl methyl sites for hydroxylation is 1. The maximum Gasteiger partial charge on any atom is 0.277 e. The van der Waals surface area contributed by atoms with E-state index >= 15 is 0 Å². The first-order valence-electron chi connectivity index (χ1n) is 8.38. The van der Waals surface area contributed by atoms with Gasteiger partial charge in [-0.15, -0.1) is 0 Å². The molecule has 1 amide bonds. The standard InChI is InChI=1S/C18H13Cl2N5O5/c1-10-5-17(22-23(10)9-14-15(19)3-2-4-16(14)20)21-18(26)11-6-12(24(27)28)8-13(7-11)25(29)30/h2-8H,9H2,1H3,(H,21,22,26). The Bertz CT molecular complexity index is 1130. The summed E-state index contributed by atoms with van der Waals surface area (Å²) in [4.78, 5) is 32.9. The molecule has 0 radical (unpaired) electrons. The number of hydrogen-bond acceptors (Lipinski definition) is 6. The van der Waals surface area contributed by atoms with Gasteiger partial charge in [-0.2, -0.15) is 5.10 Å². The van der Waals surface area contributed by atoms with Gasteiger partial charge in [0.25, 0.3) is 17.3 Å². The number of nitrogens with zero attached hydrogens (tertiary/aromatic N) is 4. The maximum absolute atomic E-state index is 12.5. The summed E-state index contributed by atoms with van der Waals surface area (Å²) in [5.74, 6) is -0.614. The predicted octanol–water partition coefficient (Wildman–Crippen LogP) is 4.62. The smallest absolute Gasteiger partial charge is 0.277 e. The molecule has 3 rings (SSSR count). The SMILES string of the molecule is Cc1cc(NC(=O)c2cc([N+](=O)[O-])cc([N+](=O)[O-])c2)nn1Cc1c(Cl)cccc1Cl. The van der Waals surface area contributed by atoms with Crippen LogP contribution >= 0.6 is 23.2 Å². The first-order chi connectivity index (χ1) is 14.2. The lowest BCUT2D eigenvalue weighted by Crippen LogP contribution is -2.13. The Morgan fingerprint density at radius 2 is 1.63 bits per heavy atom. The zero-order valence-electron chi connectivity index (χ0n) is 15.3. The van der Waals surface area contributed by atoms with E-state index in [4.69, 9.17) is 23.2 Å². The van der Waals surface area contributed by atoms with Crippen LogP contribution in [0.2, 0.25) is 10.0 Å².